The van der Waals surface area contributed by atoms with Gasteiger partial charge in [0.25, 0.3) is 5.22 Å². The van der Waals surface area contributed by atoms with Crippen molar-refractivity contribution >= 4 is 29.3 Å². The number of hydrogen-bond donors (Lipinski definition) is 1. The van der Waals surface area contributed by atoms with Crippen molar-refractivity contribution in [1.82, 2.24) is 10.2 Å². The Morgan fingerprint density at radius 2 is 1.92 bits per heavy atom. The topological polar surface area (TPSA) is 94.3 Å². The zero-order valence-electron chi connectivity index (χ0n) is 14.6. The molecule has 1 heterocycles. The number of carbonyl (C=O) groups excluding carboxylic acids is 2. The van der Waals surface area contributed by atoms with Crippen molar-refractivity contribution in [3.8, 4) is 0 Å². The van der Waals surface area contributed by atoms with Gasteiger partial charge in [-0.3, -0.25) is 4.79 Å². The monoisotopic (exact) mass is 375 g/mol. The second kappa shape index (κ2) is 8.84. The van der Waals surface area contributed by atoms with Crippen LogP contribution in [0.25, 0.3) is 0 Å². The largest absolute Gasteiger partial charge is 0.465 e. The smallest absolute Gasteiger partial charge is 0.337 e. The number of amides is 1. The number of nitrogens with one attached hydrogen (secondary N) is 1. The van der Waals surface area contributed by atoms with Gasteiger partial charge in [-0.15, -0.1) is 10.2 Å². The van der Waals surface area contributed by atoms with E-state index < -0.39 is 5.97 Å². The number of esters is 1. The first-order valence-corrected chi connectivity index (χ1v) is 9.58. The fourth-order valence-electron chi connectivity index (χ4n) is 2.93. The van der Waals surface area contributed by atoms with Gasteiger partial charge in [-0.2, -0.15) is 0 Å². The van der Waals surface area contributed by atoms with E-state index in [1.807, 2.05) is 0 Å². The third-order valence-electron chi connectivity index (χ3n) is 4.29. The Hall–Kier alpha value is -2.35. The van der Waals surface area contributed by atoms with E-state index in [1.165, 1.54) is 38.1 Å². The molecular formula is C18H21N3O4S. The molecule has 7 nitrogen and oxygen atoms in total. The van der Waals surface area contributed by atoms with Crippen LogP contribution >= 0.6 is 11.8 Å². The molecule has 0 radical (unpaired) electrons. The fraction of sp³-hybridized carbons (Fsp3) is 0.444. The van der Waals surface area contributed by atoms with Crippen LogP contribution in [0.5, 0.6) is 0 Å². The summed E-state index contributed by atoms with van der Waals surface area (Å²) >= 11 is 1.22. The fourth-order valence-corrected chi connectivity index (χ4v) is 3.49. The van der Waals surface area contributed by atoms with Crippen molar-refractivity contribution in [1.29, 1.82) is 0 Å². The molecular weight excluding hydrogens is 354 g/mol. The number of benzene rings is 1. The molecule has 1 saturated carbocycles. The Morgan fingerprint density at radius 1 is 1.19 bits per heavy atom. The van der Waals surface area contributed by atoms with E-state index in [2.05, 4.69) is 20.3 Å². The molecule has 0 atom stereocenters. The average molecular weight is 375 g/mol. The van der Waals surface area contributed by atoms with Crippen LogP contribution in [0, 0.1) is 0 Å². The summed E-state index contributed by atoms with van der Waals surface area (Å²) in [5.41, 5.74) is 1.04. The number of thioether (sulfide) groups is 1. The molecule has 1 aliphatic carbocycles. The SMILES string of the molecule is COC(=O)c1ccc(NC(=O)CSc2nnc(C3CCCCC3)o2)cc1. The van der Waals surface area contributed by atoms with Gasteiger partial charge in [0.15, 0.2) is 0 Å². The zero-order chi connectivity index (χ0) is 18.4. The number of anilines is 1. The Labute approximate surface area is 155 Å². The molecule has 8 heteroatoms. The molecule has 1 amide bonds. The number of hydrogen-bond acceptors (Lipinski definition) is 7. The Balaban J connectivity index is 1.48. The first-order chi connectivity index (χ1) is 12.7. The van der Waals surface area contributed by atoms with Gasteiger partial charge >= 0.3 is 5.97 Å². The third-order valence-corrected chi connectivity index (χ3v) is 5.11. The molecule has 2 aromatic rings. The van der Waals surface area contributed by atoms with Crippen LogP contribution in [0.1, 0.15) is 54.3 Å². The molecule has 0 unspecified atom stereocenters. The lowest BCUT2D eigenvalue weighted by atomic mass is 9.89. The van der Waals surface area contributed by atoms with Gasteiger partial charge in [0.2, 0.25) is 11.8 Å². The van der Waals surface area contributed by atoms with Crippen molar-refractivity contribution in [2.75, 3.05) is 18.2 Å². The normalized spacial score (nSPS) is 14.8. The number of nitrogens with zero attached hydrogens (tertiary/aromatic N) is 2. The Morgan fingerprint density at radius 3 is 2.62 bits per heavy atom. The number of ether oxygens (including phenoxy) is 1. The molecule has 1 N–H and O–H groups in total. The number of aromatic nitrogens is 2. The van der Waals surface area contributed by atoms with E-state index in [4.69, 9.17) is 4.42 Å². The van der Waals surface area contributed by atoms with Crippen molar-refractivity contribution in [2.45, 2.75) is 43.2 Å². The van der Waals surface area contributed by atoms with Crippen molar-refractivity contribution in [3.63, 3.8) is 0 Å². The van der Waals surface area contributed by atoms with Gasteiger partial charge in [0.05, 0.1) is 18.4 Å². The standard InChI is InChI=1S/C18H21N3O4S/c1-24-17(23)13-7-9-14(10-8-13)19-15(22)11-26-18-21-20-16(25-18)12-5-3-2-4-6-12/h7-10,12H,2-6,11H2,1H3,(H,19,22). The summed E-state index contributed by atoms with van der Waals surface area (Å²) in [5.74, 6) is 0.617. The highest BCUT2D eigenvalue weighted by molar-refractivity contribution is 7.99. The Kier molecular flexibility index (Phi) is 6.27. The lowest BCUT2D eigenvalue weighted by Crippen LogP contribution is -2.14. The molecule has 0 aliphatic heterocycles. The lowest BCUT2D eigenvalue weighted by Gasteiger charge is -2.17. The Bertz CT molecular complexity index is 754. The van der Waals surface area contributed by atoms with E-state index in [-0.39, 0.29) is 11.7 Å². The van der Waals surface area contributed by atoms with E-state index in [0.717, 1.165) is 12.8 Å². The molecule has 1 fully saturated rings. The first kappa shape index (κ1) is 18.4. The third kappa shape index (κ3) is 4.85. The highest BCUT2D eigenvalue weighted by Crippen LogP contribution is 2.32. The summed E-state index contributed by atoms with van der Waals surface area (Å²) < 4.78 is 10.3. The molecule has 1 aliphatic rings. The maximum atomic E-state index is 12.1. The summed E-state index contributed by atoms with van der Waals surface area (Å²) in [6.07, 6.45) is 5.86. The highest BCUT2D eigenvalue weighted by Gasteiger charge is 2.21. The maximum absolute atomic E-state index is 12.1. The molecule has 1 aromatic heterocycles. The van der Waals surface area contributed by atoms with Gasteiger partial charge in [-0.05, 0) is 37.1 Å². The second-order valence-corrected chi connectivity index (χ2v) is 7.07. The van der Waals surface area contributed by atoms with Gasteiger partial charge in [-0.1, -0.05) is 31.0 Å². The number of methoxy groups -OCH3 is 1. The highest BCUT2D eigenvalue weighted by atomic mass is 32.2. The quantitative estimate of drug-likeness (QED) is 0.608. The molecule has 138 valence electrons. The maximum Gasteiger partial charge on any atom is 0.337 e. The van der Waals surface area contributed by atoms with E-state index >= 15 is 0 Å². The van der Waals surface area contributed by atoms with E-state index in [9.17, 15) is 9.59 Å². The minimum Gasteiger partial charge on any atom is -0.465 e. The van der Waals surface area contributed by atoms with Crippen molar-refractivity contribution in [3.05, 3.63) is 35.7 Å². The van der Waals surface area contributed by atoms with Crippen LogP contribution in [-0.2, 0) is 9.53 Å². The second-order valence-electron chi connectivity index (χ2n) is 6.15. The van der Waals surface area contributed by atoms with Crippen LogP contribution in [0.4, 0.5) is 5.69 Å². The van der Waals surface area contributed by atoms with Crippen molar-refractivity contribution in [2.24, 2.45) is 0 Å². The zero-order valence-corrected chi connectivity index (χ0v) is 15.4. The minimum atomic E-state index is -0.413. The van der Waals surface area contributed by atoms with Gasteiger partial charge < -0.3 is 14.5 Å². The summed E-state index contributed by atoms with van der Waals surface area (Å²) in [7, 11) is 1.33. The van der Waals surface area contributed by atoms with E-state index in [1.54, 1.807) is 24.3 Å². The van der Waals surface area contributed by atoms with Gasteiger partial charge in [0, 0.05) is 11.6 Å². The van der Waals surface area contributed by atoms with Crippen LogP contribution in [0.3, 0.4) is 0 Å². The van der Waals surface area contributed by atoms with E-state index in [0.29, 0.717) is 28.3 Å². The number of carbonyl (C=O) groups is 2. The molecule has 26 heavy (non-hydrogen) atoms. The summed E-state index contributed by atoms with van der Waals surface area (Å²) in [5, 5.41) is 11.3. The van der Waals surface area contributed by atoms with Gasteiger partial charge in [0.1, 0.15) is 0 Å². The lowest BCUT2D eigenvalue weighted by molar-refractivity contribution is -0.113. The summed E-state index contributed by atoms with van der Waals surface area (Å²) in [6.45, 7) is 0. The van der Waals surface area contributed by atoms with Crippen LogP contribution in [0.2, 0.25) is 0 Å². The molecule has 3 rings (SSSR count). The van der Waals surface area contributed by atoms with Gasteiger partial charge in [-0.25, -0.2) is 4.79 Å². The number of rotatable bonds is 6. The van der Waals surface area contributed by atoms with Crippen LogP contribution in [-0.4, -0.2) is 34.9 Å². The molecule has 1 aromatic carbocycles. The predicted octanol–water partition coefficient (Wildman–Crippen LogP) is 3.63. The summed E-state index contributed by atoms with van der Waals surface area (Å²) in [4.78, 5) is 23.4. The average Bonchev–Trinajstić information content (AvgIpc) is 3.16. The summed E-state index contributed by atoms with van der Waals surface area (Å²) in [6, 6.07) is 6.51. The minimum absolute atomic E-state index is 0.172. The van der Waals surface area contributed by atoms with Crippen molar-refractivity contribution < 1.29 is 18.7 Å². The molecule has 0 spiro atoms. The van der Waals surface area contributed by atoms with Crippen LogP contribution in [0.15, 0.2) is 33.9 Å². The molecule has 0 bridgehead atoms. The molecule has 0 saturated heterocycles. The predicted molar refractivity (Wildman–Crippen MR) is 97.3 cm³/mol. The first-order valence-electron chi connectivity index (χ1n) is 8.60. The van der Waals surface area contributed by atoms with Crippen LogP contribution < -0.4 is 5.32 Å².